The molecule has 1 fully saturated rings. The van der Waals surface area contributed by atoms with Crippen molar-refractivity contribution < 1.29 is 9.72 Å². The molecule has 0 radical (unpaired) electrons. The first kappa shape index (κ1) is 20.6. The summed E-state index contributed by atoms with van der Waals surface area (Å²) in [6, 6.07) is 18.8. The standard InChI is InChI=1S/C24H22N6O3/c1-17-26-21-15-18(7-9-22(21)29(17)19-5-3-2-4-6-19)24(31)28-13-11-27(12-14-28)23-10-8-20(16-25-23)30(32)33/h2-10,15-16H,11-14H2,1H3. The molecule has 5 rings (SSSR count). The van der Waals surface area contributed by atoms with Gasteiger partial charge in [0.05, 0.1) is 16.0 Å². The van der Waals surface area contributed by atoms with E-state index in [9.17, 15) is 14.9 Å². The molecule has 9 heteroatoms. The van der Waals surface area contributed by atoms with Crippen molar-refractivity contribution in [3.8, 4) is 5.69 Å². The zero-order valence-corrected chi connectivity index (χ0v) is 18.1. The van der Waals surface area contributed by atoms with Gasteiger partial charge in [-0.1, -0.05) is 18.2 Å². The summed E-state index contributed by atoms with van der Waals surface area (Å²) < 4.78 is 2.08. The third kappa shape index (κ3) is 3.89. The van der Waals surface area contributed by atoms with Crippen molar-refractivity contribution in [1.82, 2.24) is 19.4 Å². The van der Waals surface area contributed by atoms with E-state index in [1.54, 1.807) is 6.07 Å². The molecule has 0 unspecified atom stereocenters. The van der Waals surface area contributed by atoms with Crippen LogP contribution < -0.4 is 4.90 Å². The lowest BCUT2D eigenvalue weighted by molar-refractivity contribution is -0.385. The number of imidazole rings is 1. The van der Waals surface area contributed by atoms with E-state index in [2.05, 4.69) is 14.5 Å². The number of pyridine rings is 1. The molecule has 1 aliphatic rings. The summed E-state index contributed by atoms with van der Waals surface area (Å²) in [4.78, 5) is 36.2. The first-order chi connectivity index (χ1) is 16.0. The molecule has 0 N–H and O–H groups in total. The van der Waals surface area contributed by atoms with Gasteiger partial charge >= 0.3 is 0 Å². The zero-order chi connectivity index (χ0) is 22.9. The SMILES string of the molecule is Cc1nc2cc(C(=O)N3CCN(c4ccc([N+](=O)[O-])cn4)CC3)ccc2n1-c1ccccc1. The van der Waals surface area contributed by atoms with Gasteiger partial charge < -0.3 is 9.80 Å². The van der Waals surface area contributed by atoms with Crippen LogP contribution in [0.1, 0.15) is 16.2 Å². The summed E-state index contributed by atoms with van der Waals surface area (Å²) in [7, 11) is 0. The summed E-state index contributed by atoms with van der Waals surface area (Å²) >= 11 is 0. The number of carbonyl (C=O) groups excluding carboxylic acids is 1. The fourth-order valence-electron chi connectivity index (χ4n) is 4.23. The third-order valence-electron chi connectivity index (χ3n) is 5.92. The molecule has 4 aromatic rings. The fraction of sp³-hybridized carbons (Fsp3) is 0.208. The Hall–Kier alpha value is -4.27. The number of anilines is 1. The summed E-state index contributed by atoms with van der Waals surface area (Å²) in [5, 5.41) is 10.8. The van der Waals surface area contributed by atoms with E-state index in [0.29, 0.717) is 37.6 Å². The van der Waals surface area contributed by atoms with Crippen molar-refractivity contribution in [1.29, 1.82) is 0 Å². The minimum Gasteiger partial charge on any atom is -0.353 e. The average Bonchev–Trinajstić information content (AvgIpc) is 3.19. The van der Waals surface area contributed by atoms with Gasteiger partial charge in [-0.3, -0.25) is 19.5 Å². The molecule has 166 valence electrons. The molecule has 1 aliphatic heterocycles. The largest absolute Gasteiger partial charge is 0.353 e. The summed E-state index contributed by atoms with van der Waals surface area (Å²) in [5.41, 5.74) is 3.36. The number of hydrogen-bond donors (Lipinski definition) is 0. The van der Waals surface area contributed by atoms with Gasteiger partial charge in [-0.05, 0) is 43.3 Å². The molecule has 1 amide bonds. The Kier molecular flexibility index (Phi) is 5.21. The molecule has 2 aromatic carbocycles. The normalized spacial score (nSPS) is 14.0. The van der Waals surface area contributed by atoms with E-state index in [4.69, 9.17) is 0 Å². The molecule has 0 atom stereocenters. The highest BCUT2D eigenvalue weighted by Crippen LogP contribution is 2.24. The summed E-state index contributed by atoms with van der Waals surface area (Å²) in [5.74, 6) is 1.51. The van der Waals surface area contributed by atoms with Gasteiger partial charge in [0.1, 0.15) is 17.8 Å². The number of aryl methyl sites for hydroxylation is 1. The zero-order valence-electron chi connectivity index (χ0n) is 18.1. The smallest absolute Gasteiger partial charge is 0.287 e. The number of aromatic nitrogens is 3. The first-order valence-corrected chi connectivity index (χ1v) is 10.7. The summed E-state index contributed by atoms with van der Waals surface area (Å²) in [6.07, 6.45) is 1.26. The topological polar surface area (TPSA) is 97.4 Å². The molecule has 9 nitrogen and oxygen atoms in total. The highest BCUT2D eigenvalue weighted by Gasteiger charge is 2.24. The maximum absolute atomic E-state index is 13.2. The van der Waals surface area contributed by atoms with E-state index >= 15 is 0 Å². The molecule has 0 aliphatic carbocycles. The molecule has 0 spiro atoms. The maximum atomic E-state index is 13.2. The number of nitro groups is 1. The van der Waals surface area contributed by atoms with Gasteiger partial charge in [-0.15, -0.1) is 0 Å². The second-order valence-electron chi connectivity index (χ2n) is 7.94. The monoisotopic (exact) mass is 442 g/mol. The number of nitrogens with zero attached hydrogens (tertiary/aromatic N) is 6. The number of piperazine rings is 1. The van der Waals surface area contributed by atoms with E-state index in [1.807, 2.05) is 65.3 Å². The Morgan fingerprint density at radius 2 is 1.76 bits per heavy atom. The molecule has 33 heavy (non-hydrogen) atoms. The average molecular weight is 442 g/mol. The number of para-hydroxylation sites is 1. The molecule has 1 saturated heterocycles. The van der Waals surface area contributed by atoms with Crippen molar-refractivity contribution in [2.75, 3.05) is 31.1 Å². The Morgan fingerprint density at radius 3 is 2.42 bits per heavy atom. The van der Waals surface area contributed by atoms with Gasteiger partial charge in [-0.25, -0.2) is 9.97 Å². The molecular weight excluding hydrogens is 420 g/mol. The van der Waals surface area contributed by atoms with Crippen LogP contribution in [0.25, 0.3) is 16.7 Å². The number of benzene rings is 2. The number of rotatable bonds is 4. The van der Waals surface area contributed by atoms with Crippen LogP contribution in [0, 0.1) is 17.0 Å². The van der Waals surface area contributed by atoms with Gasteiger partial charge in [0.2, 0.25) is 0 Å². The lowest BCUT2D eigenvalue weighted by atomic mass is 10.1. The second-order valence-corrected chi connectivity index (χ2v) is 7.94. The lowest BCUT2D eigenvalue weighted by Gasteiger charge is -2.35. The van der Waals surface area contributed by atoms with E-state index in [1.165, 1.54) is 12.3 Å². The van der Waals surface area contributed by atoms with Crippen LogP contribution in [0.15, 0.2) is 66.9 Å². The Balaban J connectivity index is 1.31. The summed E-state index contributed by atoms with van der Waals surface area (Å²) in [6.45, 7) is 4.28. The Labute approximate surface area is 190 Å². The number of fused-ring (bicyclic) bond motifs is 1. The van der Waals surface area contributed by atoms with Crippen molar-refractivity contribution in [3.05, 3.63) is 88.4 Å². The molecule has 3 heterocycles. The van der Waals surface area contributed by atoms with Crippen LogP contribution in [-0.2, 0) is 0 Å². The maximum Gasteiger partial charge on any atom is 0.287 e. The Morgan fingerprint density at radius 1 is 1.00 bits per heavy atom. The highest BCUT2D eigenvalue weighted by molar-refractivity contribution is 5.97. The Bertz CT molecular complexity index is 1330. The number of carbonyl (C=O) groups is 1. The van der Waals surface area contributed by atoms with E-state index in [0.717, 1.165) is 22.5 Å². The van der Waals surface area contributed by atoms with Gasteiger partial charge in [-0.2, -0.15) is 0 Å². The van der Waals surface area contributed by atoms with Crippen LogP contribution in [0.2, 0.25) is 0 Å². The third-order valence-corrected chi connectivity index (χ3v) is 5.92. The fourth-order valence-corrected chi connectivity index (χ4v) is 4.23. The minimum absolute atomic E-state index is 0.0277. The molecule has 0 bridgehead atoms. The molecule has 0 saturated carbocycles. The number of hydrogen-bond acceptors (Lipinski definition) is 6. The second kappa shape index (κ2) is 8.34. The van der Waals surface area contributed by atoms with Crippen molar-refractivity contribution in [3.63, 3.8) is 0 Å². The predicted molar refractivity (Wildman–Crippen MR) is 125 cm³/mol. The lowest BCUT2D eigenvalue weighted by Crippen LogP contribution is -2.49. The van der Waals surface area contributed by atoms with E-state index in [-0.39, 0.29) is 11.6 Å². The van der Waals surface area contributed by atoms with Crippen LogP contribution in [0.3, 0.4) is 0 Å². The van der Waals surface area contributed by atoms with E-state index < -0.39 is 4.92 Å². The van der Waals surface area contributed by atoms with Crippen molar-refractivity contribution >= 4 is 28.4 Å². The van der Waals surface area contributed by atoms with Gasteiger partial charge in [0.25, 0.3) is 11.6 Å². The van der Waals surface area contributed by atoms with Crippen LogP contribution >= 0.6 is 0 Å². The quantitative estimate of drug-likeness (QED) is 0.354. The molecule has 2 aromatic heterocycles. The van der Waals surface area contributed by atoms with Crippen LogP contribution in [0.5, 0.6) is 0 Å². The highest BCUT2D eigenvalue weighted by atomic mass is 16.6. The molecular formula is C24H22N6O3. The first-order valence-electron chi connectivity index (χ1n) is 10.7. The number of amides is 1. The van der Waals surface area contributed by atoms with Crippen LogP contribution in [-0.4, -0.2) is 56.4 Å². The van der Waals surface area contributed by atoms with Gasteiger partial charge in [0.15, 0.2) is 0 Å². The van der Waals surface area contributed by atoms with Crippen molar-refractivity contribution in [2.24, 2.45) is 0 Å². The van der Waals surface area contributed by atoms with Gasteiger partial charge in [0, 0.05) is 43.5 Å². The van der Waals surface area contributed by atoms with Crippen molar-refractivity contribution in [2.45, 2.75) is 6.92 Å². The van der Waals surface area contributed by atoms with Crippen LogP contribution in [0.4, 0.5) is 11.5 Å². The predicted octanol–water partition coefficient (Wildman–Crippen LogP) is 3.60. The minimum atomic E-state index is -0.464.